The van der Waals surface area contributed by atoms with Crippen molar-refractivity contribution in [2.24, 2.45) is 0 Å². The number of carbonyl (C=O) groups is 2. The molecule has 5 heteroatoms. The van der Waals surface area contributed by atoms with Crippen LogP contribution in [0, 0.1) is 0 Å². The largest absolute Gasteiger partial charge is 0.463 e. The summed E-state index contributed by atoms with van der Waals surface area (Å²) in [5.74, 6) is -0.918. The zero-order valence-electron chi connectivity index (χ0n) is 10.6. The van der Waals surface area contributed by atoms with Gasteiger partial charge in [-0.2, -0.15) is 0 Å². The number of nitrogens with zero attached hydrogens (tertiary/aromatic N) is 1. The van der Waals surface area contributed by atoms with Gasteiger partial charge >= 0.3 is 5.97 Å². The van der Waals surface area contributed by atoms with E-state index in [9.17, 15) is 14.7 Å². The Kier molecular flexibility index (Phi) is 6.03. The second-order valence-electron chi connectivity index (χ2n) is 4.25. The second-order valence-corrected chi connectivity index (χ2v) is 4.25. The lowest BCUT2D eigenvalue weighted by Crippen LogP contribution is -2.48. The SMILES string of the molecule is CC(=O)OCC(O)C(=O)N(C(C)C)C(C)C. The second kappa shape index (κ2) is 6.48. The van der Waals surface area contributed by atoms with Crippen molar-refractivity contribution in [3.05, 3.63) is 0 Å². The maximum absolute atomic E-state index is 11.8. The van der Waals surface area contributed by atoms with Crippen LogP contribution in [-0.4, -0.2) is 46.7 Å². The molecule has 0 bridgehead atoms. The number of ether oxygens (including phenoxy) is 1. The molecule has 0 saturated heterocycles. The molecule has 0 aliphatic carbocycles. The van der Waals surface area contributed by atoms with Crippen LogP contribution in [0.5, 0.6) is 0 Å². The standard InChI is InChI=1S/C11H21NO4/c1-7(2)12(8(3)4)11(15)10(14)6-16-9(5)13/h7-8,10,14H,6H2,1-5H3. The van der Waals surface area contributed by atoms with Crippen molar-refractivity contribution in [2.75, 3.05) is 6.61 Å². The van der Waals surface area contributed by atoms with Gasteiger partial charge in [-0.1, -0.05) is 0 Å². The minimum absolute atomic E-state index is 0.000483. The van der Waals surface area contributed by atoms with E-state index in [2.05, 4.69) is 4.74 Å². The van der Waals surface area contributed by atoms with Crippen LogP contribution in [0.4, 0.5) is 0 Å². The molecule has 0 radical (unpaired) electrons. The van der Waals surface area contributed by atoms with Crippen LogP contribution in [0.3, 0.4) is 0 Å². The molecule has 94 valence electrons. The molecule has 0 aromatic rings. The Hall–Kier alpha value is -1.10. The van der Waals surface area contributed by atoms with E-state index in [1.165, 1.54) is 6.92 Å². The Morgan fingerprint density at radius 3 is 1.94 bits per heavy atom. The molecule has 0 aliphatic heterocycles. The molecular weight excluding hydrogens is 210 g/mol. The van der Waals surface area contributed by atoms with Crippen molar-refractivity contribution < 1.29 is 19.4 Å². The van der Waals surface area contributed by atoms with E-state index in [4.69, 9.17) is 0 Å². The summed E-state index contributed by atoms with van der Waals surface area (Å²) in [6.07, 6.45) is -1.28. The number of hydrogen-bond donors (Lipinski definition) is 1. The number of aliphatic hydroxyl groups is 1. The number of carbonyl (C=O) groups excluding carboxylic acids is 2. The maximum atomic E-state index is 11.8. The first-order valence-electron chi connectivity index (χ1n) is 5.41. The van der Waals surface area contributed by atoms with Gasteiger partial charge in [-0.15, -0.1) is 0 Å². The Bertz CT molecular complexity index is 242. The van der Waals surface area contributed by atoms with Crippen LogP contribution in [0.1, 0.15) is 34.6 Å². The third-order valence-corrected chi connectivity index (χ3v) is 2.10. The minimum atomic E-state index is -1.28. The van der Waals surface area contributed by atoms with Crippen molar-refractivity contribution in [1.29, 1.82) is 0 Å². The summed E-state index contributed by atoms with van der Waals surface area (Å²) in [5, 5.41) is 9.57. The molecular formula is C11H21NO4. The highest BCUT2D eigenvalue weighted by molar-refractivity contribution is 5.81. The minimum Gasteiger partial charge on any atom is -0.463 e. The van der Waals surface area contributed by atoms with Crippen LogP contribution in [0.2, 0.25) is 0 Å². The third-order valence-electron chi connectivity index (χ3n) is 2.10. The molecule has 1 N–H and O–H groups in total. The van der Waals surface area contributed by atoms with E-state index in [1.54, 1.807) is 4.90 Å². The highest BCUT2D eigenvalue weighted by Gasteiger charge is 2.27. The molecule has 0 fully saturated rings. The predicted molar refractivity (Wildman–Crippen MR) is 59.8 cm³/mol. The Morgan fingerprint density at radius 1 is 1.19 bits per heavy atom. The highest BCUT2D eigenvalue weighted by atomic mass is 16.5. The highest BCUT2D eigenvalue weighted by Crippen LogP contribution is 2.08. The van der Waals surface area contributed by atoms with E-state index < -0.39 is 18.0 Å². The molecule has 1 amide bonds. The van der Waals surface area contributed by atoms with Crippen molar-refractivity contribution in [3.8, 4) is 0 Å². The predicted octanol–water partition coefficient (Wildman–Crippen LogP) is 0.556. The van der Waals surface area contributed by atoms with E-state index in [-0.39, 0.29) is 18.7 Å². The topological polar surface area (TPSA) is 66.8 Å². The van der Waals surface area contributed by atoms with Crippen molar-refractivity contribution in [2.45, 2.75) is 52.8 Å². The van der Waals surface area contributed by atoms with Gasteiger partial charge in [0.05, 0.1) is 0 Å². The summed E-state index contributed by atoms with van der Waals surface area (Å²) >= 11 is 0. The molecule has 0 spiro atoms. The molecule has 0 heterocycles. The van der Waals surface area contributed by atoms with Gasteiger partial charge in [0.2, 0.25) is 0 Å². The summed E-state index contributed by atoms with van der Waals surface area (Å²) in [5.41, 5.74) is 0. The van der Waals surface area contributed by atoms with Gasteiger partial charge in [0, 0.05) is 19.0 Å². The number of esters is 1. The summed E-state index contributed by atoms with van der Waals surface area (Å²) in [6, 6.07) is -0.000967. The zero-order valence-corrected chi connectivity index (χ0v) is 10.6. The molecule has 0 saturated carbocycles. The summed E-state index contributed by atoms with van der Waals surface area (Å²) in [4.78, 5) is 23.9. The summed E-state index contributed by atoms with van der Waals surface area (Å²) in [7, 11) is 0. The fourth-order valence-electron chi connectivity index (χ4n) is 1.54. The van der Waals surface area contributed by atoms with Crippen molar-refractivity contribution >= 4 is 11.9 Å². The molecule has 16 heavy (non-hydrogen) atoms. The van der Waals surface area contributed by atoms with Crippen LogP contribution in [0.25, 0.3) is 0 Å². The number of rotatable bonds is 5. The number of hydrogen-bond acceptors (Lipinski definition) is 4. The fourth-order valence-corrected chi connectivity index (χ4v) is 1.54. The van der Waals surface area contributed by atoms with Gasteiger partial charge in [-0.3, -0.25) is 9.59 Å². The maximum Gasteiger partial charge on any atom is 0.302 e. The van der Waals surface area contributed by atoms with Crippen LogP contribution >= 0.6 is 0 Å². The van der Waals surface area contributed by atoms with Gasteiger partial charge in [-0.25, -0.2) is 0 Å². The monoisotopic (exact) mass is 231 g/mol. The van der Waals surface area contributed by atoms with Crippen LogP contribution < -0.4 is 0 Å². The van der Waals surface area contributed by atoms with Crippen molar-refractivity contribution in [1.82, 2.24) is 4.90 Å². The van der Waals surface area contributed by atoms with Gasteiger partial charge in [0.1, 0.15) is 6.61 Å². The first-order valence-corrected chi connectivity index (χ1v) is 5.41. The molecule has 0 aromatic carbocycles. The number of amides is 1. The lowest BCUT2D eigenvalue weighted by atomic mass is 10.2. The van der Waals surface area contributed by atoms with Gasteiger partial charge in [0.25, 0.3) is 5.91 Å². The molecule has 0 aromatic heterocycles. The Labute approximate surface area is 96.4 Å². The third kappa shape index (κ3) is 4.61. The first-order chi connectivity index (χ1) is 7.27. The average molecular weight is 231 g/mol. The fraction of sp³-hybridized carbons (Fsp3) is 0.818. The molecule has 0 aliphatic rings. The molecule has 5 nitrogen and oxygen atoms in total. The zero-order chi connectivity index (χ0) is 12.9. The van der Waals surface area contributed by atoms with Gasteiger partial charge in [0.15, 0.2) is 6.10 Å². The number of aliphatic hydroxyl groups excluding tert-OH is 1. The van der Waals surface area contributed by atoms with Gasteiger partial charge in [-0.05, 0) is 27.7 Å². The van der Waals surface area contributed by atoms with Crippen molar-refractivity contribution in [3.63, 3.8) is 0 Å². The Morgan fingerprint density at radius 2 is 1.62 bits per heavy atom. The Balaban J connectivity index is 4.43. The quantitative estimate of drug-likeness (QED) is 0.702. The lowest BCUT2D eigenvalue weighted by molar-refractivity contribution is -0.153. The van der Waals surface area contributed by atoms with Crippen LogP contribution in [-0.2, 0) is 14.3 Å². The van der Waals surface area contributed by atoms with E-state index in [0.29, 0.717) is 0 Å². The average Bonchev–Trinajstić information content (AvgIpc) is 2.12. The summed E-state index contributed by atoms with van der Waals surface area (Å²) in [6.45, 7) is 8.43. The van der Waals surface area contributed by atoms with E-state index in [1.807, 2.05) is 27.7 Å². The molecule has 0 rings (SSSR count). The van der Waals surface area contributed by atoms with E-state index in [0.717, 1.165) is 0 Å². The smallest absolute Gasteiger partial charge is 0.302 e. The molecule has 1 atom stereocenters. The molecule has 1 unspecified atom stereocenters. The van der Waals surface area contributed by atoms with Crippen LogP contribution in [0.15, 0.2) is 0 Å². The normalized spacial score (nSPS) is 12.8. The lowest BCUT2D eigenvalue weighted by Gasteiger charge is -2.32. The first kappa shape index (κ1) is 14.9. The van der Waals surface area contributed by atoms with E-state index >= 15 is 0 Å². The summed E-state index contributed by atoms with van der Waals surface area (Å²) < 4.78 is 4.60. The van der Waals surface area contributed by atoms with Gasteiger partial charge < -0.3 is 14.7 Å².